The smallest absolute Gasteiger partial charge is 0.291 e. The second-order valence-electron chi connectivity index (χ2n) is 6.18. The monoisotopic (exact) mass is 394 g/mol. The van der Waals surface area contributed by atoms with Gasteiger partial charge in [-0.1, -0.05) is 13.0 Å². The van der Waals surface area contributed by atoms with Crippen molar-refractivity contribution in [2.24, 2.45) is 0 Å². The van der Waals surface area contributed by atoms with Crippen LogP contribution in [0, 0.1) is 0 Å². The molecule has 0 saturated heterocycles. The summed E-state index contributed by atoms with van der Waals surface area (Å²) in [6, 6.07) is 15.1. The van der Waals surface area contributed by atoms with Gasteiger partial charge in [-0.2, -0.15) is 0 Å². The van der Waals surface area contributed by atoms with E-state index in [1.54, 1.807) is 48.5 Å². The third kappa shape index (κ3) is 5.16. The summed E-state index contributed by atoms with van der Waals surface area (Å²) in [5.41, 5.74) is 1.47. The minimum atomic E-state index is -0.394. The van der Waals surface area contributed by atoms with Crippen molar-refractivity contribution in [1.29, 1.82) is 0 Å². The number of ether oxygens (including phenoxy) is 2. The molecule has 7 nitrogen and oxygen atoms in total. The van der Waals surface area contributed by atoms with E-state index < -0.39 is 5.91 Å². The van der Waals surface area contributed by atoms with Gasteiger partial charge < -0.3 is 24.5 Å². The van der Waals surface area contributed by atoms with Gasteiger partial charge in [0.1, 0.15) is 11.5 Å². The summed E-state index contributed by atoms with van der Waals surface area (Å²) in [6.45, 7) is 2.61. The van der Waals surface area contributed by atoms with Gasteiger partial charge in [-0.25, -0.2) is 0 Å². The van der Waals surface area contributed by atoms with Crippen molar-refractivity contribution in [2.75, 3.05) is 24.4 Å². The molecule has 0 radical (unpaired) electrons. The van der Waals surface area contributed by atoms with Gasteiger partial charge in [-0.3, -0.25) is 9.59 Å². The zero-order valence-corrected chi connectivity index (χ0v) is 16.2. The first-order valence-electron chi connectivity index (χ1n) is 9.18. The van der Waals surface area contributed by atoms with Crippen LogP contribution < -0.4 is 20.1 Å². The lowest BCUT2D eigenvalue weighted by Crippen LogP contribution is -2.14. The number of methoxy groups -OCH3 is 1. The topological polar surface area (TPSA) is 89.8 Å². The standard InChI is InChI=1S/C22H22N2O5/c1-3-11-28-17-7-4-6-15(13-17)21(25)23-16-9-10-18(20(14-16)27-2)24-22(26)19-8-5-12-29-19/h4-10,12-14H,3,11H2,1-2H3,(H,23,25)(H,24,26). The van der Waals surface area contributed by atoms with Crippen LogP contribution in [0.4, 0.5) is 11.4 Å². The molecule has 1 aromatic heterocycles. The van der Waals surface area contributed by atoms with Crippen LogP contribution in [0.15, 0.2) is 65.3 Å². The third-order valence-corrected chi connectivity index (χ3v) is 4.02. The Bertz CT molecular complexity index is 983. The number of amides is 2. The molecule has 0 fully saturated rings. The molecule has 0 spiro atoms. The van der Waals surface area contributed by atoms with Gasteiger partial charge in [0.05, 0.1) is 25.7 Å². The van der Waals surface area contributed by atoms with Crippen molar-refractivity contribution in [2.45, 2.75) is 13.3 Å². The SMILES string of the molecule is CCCOc1cccc(C(=O)Nc2ccc(NC(=O)c3ccco3)c(OC)c2)c1. The van der Waals surface area contributed by atoms with Crippen LogP contribution in [0.1, 0.15) is 34.3 Å². The highest BCUT2D eigenvalue weighted by Gasteiger charge is 2.14. The molecule has 3 rings (SSSR count). The molecule has 2 N–H and O–H groups in total. The Morgan fingerprint density at radius 1 is 1.00 bits per heavy atom. The van der Waals surface area contributed by atoms with Crippen molar-refractivity contribution in [3.63, 3.8) is 0 Å². The zero-order valence-electron chi connectivity index (χ0n) is 16.2. The molecule has 0 bridgehead atoms. The molecule has 150 valence electrons. The van der Waals surface area contributed by atoms with Crippen LogP contribution in [-0.2, 0) is 0 Å². The number of nitrogens with one attached hydrogen (secondary N) is 2. The molecule has 7 heteroatoms. The second-order valence-corrected chi connectivity index (χ2v) is 6.18. The predicted octanol–water partition coefficient (Wildman–Crippen LogP) is 4.58. The van der Waals surface area contributed by atoms with Crippen LogP contribution in [0.5, 0.6) is 11.5 Å². The first-order chi connectivity index (χ1) is 14.1. The number of carbonyl (C=O) groups excluding carboxylic acids is 2. The summed E-state index contributed by atoms with van der Waals surface area (Å²) in [6.07, 6.45) is 2.31. The van der Waals surface area contributed by atoms with Crippen molar-refractivity contribution in [1.82, 2.24) is 0 Å². The Labute approximate surface area is 168 Å². The van der Waals surface area contributed by atoms with E-state index in [-0.39, 0.29) is 11.7 Å². The van der Waals surface area contributed by atoms with E-state index in [0.29, 0.717) is 35.0 Å². The molecule has 2 amide bonds. The highest BCUT2D eigenvalue weighted by molar-refractivity contribution is 6.05. The van der Waals surface area contributed by atoms with Crippen molar-refractivity contribution in [3.8, 4) is 11.5 Å². The number of carbonyl (C=O) groups is 2. The third-order valence-electron chi connectivity index (χ3n) is 4.02. The van der Waals surface area contributed by atoms with E-state index in [4.69, 9.17) is 13.9 Å². The molecule has 29 heavy (non-hydrogen) atoms. The van der Waals surface area contributed by atoms with Gasteiger partial charge in [-0.05, 0) is 48.9 Å². The summed E-state index contributed by atoms with van der Waals surface area (Å²) in [5, 5.41) is 5.53. The number of rotatable bonds is 8. The molecule has 1 heterocycles. The van der Waals surface area contributed by atoms with Crippen LogP contribution in [0.2, 0.25) is 0 Å². The summed E-state index contributed by atoms with van der Waals surface area (Å²) < 4.78 is 16.0. The first-order valence-corrected chi connectivity index (χ1v) is 9.18. The summed E-state index contributed by atoms with van der Waals surface area (Å²) in [7, 11) is 1.48. The fourth-order valence-corrected chi connectivity index (χ4v) is 2.61. The Hall–Kier alpha value is -3.74. The number of furan rings is 1. The maximum Gasteiger partial charge on any atom is 0.291 e. The molecule has 0 aliphatic rings. The quantitative estimate of drug-likeness (QED) is 0.584. The Balaban J connectivity index is 1.71. The summed E-state index contributed by atoms with van der Waals surface area (Å²) >= 11 is 0. The first kappa shape index (κ1) is 20.0. The van der Waals surface area contributed by atoms with Gasteiger partial charge in [0.2, 0.25) is 0 Å². The van der Waals surface area contributed by atoms with Gasteiger partial charge in [-0.15, -0.1) is 0 Å². The molecule has 0 saturated carbocycles. The lowest BCUT2D eigenvalue weighted by molar-refractivity contribution is 0.0994. The molecule has 3 aromatic rings. The fourth-order valence-electron chi connectivity index (χ4n) is 2.61. The Morgan fingerprint density at radius 2 is 1.86 bits per heavy atom. The molecule has 0 aliphatic heterocycles. The van der Waals surface area contributed by atoms with Crippen LogP contribution >= 0.6 is 0 Å². The average Bonchev–Trinajstić information content (AvgIpc) is 3.28. The molecule has 2 aromatic carbocycles. The van der Waals surface area contributed by atoms with Crippen molar-refractivity contribution in [3.05, 3.63) is 72.2 Å². The minimum Gasteiger partial charge on any atom is -0.494 e. The van der Waals surface area contributed by atoms with E-state index in [2.05, 4.69) is 10.6 Å². The fraction of sp³-hybridized carbons (Fsp3) is 0.182. The second kappa shape index (κ2) is 9.45. The van der Waals surface area contributed by atoms with E-state index in [1.807, 2.05) is 13.0 Å². The highest BCUT2D eigenvalue weighted by atomic mass is 16.5. The average molecular weight is 394 g/mol. The summed E-state index contributed by atoms with van der Waals surface area (Å²) in [4.78, 5) is 24.7. The van der Waals surface area contributed by atoms with E-state index in [1.165, 1.54) is 13.4 Å². The number of benzene rings is 2. The minimum absolute atomic E-state index is 0.189. The molecular formula is C22H22N2O5. The lowest BCUT2D eigenvalue weighted by atomic mass is 10.2. The number of anilines is 2. The molecule has 0 unspecified atom stereocenters. The van der Waals surface area contributed by atoms with Crippen LogP contribution in [0.25, 0.3) is 0 Å². The van der Waals surface area contributed by atoms with Crippen molar-refractivity contribution >= 4 is 23.2 Å². The zero-order chi connectivity index (χ0) is 20.6. The van der Waals surface area contributed by atoms with Crippen molar-refractivity contribution < 1.29 is 23.5 Å². The van der Waals surface area contributed by atoms with E-state index in [0.717, 1.165) is 6.42 Å². The normalized spacial score (nSPS) is 10.3. The van der Waals surface area contributed by atoms with Gasteiger partial charge >= 0.3 is 0 Å². The molecule has 0 atom stereocenters. The Morgan fingerprint density at radius 3 is 2.59 bits per heavy atom. The van der Waals surface area contributed by atoms with Crippen LogP contribution in [-0.4, -0.2) is 25.5 Å². The Kier molecular flexibility index (Phi) is 6.52. The molecule has 0 aliphatic carbocycles. The maximum atomic E-state index is 12.6. The maximum absolute atomic E-state index is 12.6. The number of hydrogen-bond acceptors (Lipinski definition) is 5. The summed E-state index contributed by atoms with van der Waals surface area (Å²) in [5.74, 6) is 0.570. The lowest BCUT2D eigenvalue weighted by Gasteiger charge is -2.12. The molecular weight excluding hydrogens is 372 g/mol. The highest BCUT2D eigenvalue weighted by Crippen LogP contribution is 2.29. The van der Waals surface area contributed by atoms with Gasteiger partial charge in [0, 0.05) is 17.3 Å². The number of hydrogen-bond donors (Lipinski definition) is 2. The predicted molar refractivity (Wildman–Crippen MR) is 110 cm³/mol. The van der Waals surface area contributed by atoms with Gasteiger partial charge in [0.15, 0.2) is 5.76 Å². The van der Waals surface area contributed by atoms with Crippen LogP contribution in [0.3, 0.4) is 0 Å². The van der Waals surface area contributed by atoms with E-state index in [9.17, 15) is 9.59 Å². The largest absolute Gasteiger partial charge is 0.494 e. The van der Waals surface area contributed by atoms with Gasteiger partial charge in [0.25, 0.3) is 11.8 Å². The van der Waals surface area contributed by atoms with E-state index >= 15 is 0 Å².